The molecule has 1 fully saturated rings. The van der Waals surface area contributed by atoms with Gasteiger partial charge in [-0.15, -0.1) is 24.0 Å². The summed E-state index contributed by atoms with van der Waals surface area (Å²) in [5, 5.41) is 17.4. The monoisotopic (exact) mass is 504 g/mol. The maximum absolute atomic E-state index is 10.7. The van der Waals surface area contributed by atoms with Gasteiger partial charge in [-0.2, -0.15) is 0 Å². The smallest absolute Gasteiger partial charge is 0.191 e. The Morgan fingerprint density at radius 2 is 1.79 bits per heavy atom. The topological polar surface area (TPSA) is 69.1 Å². The molecule has 1 atom stereocenters. The van der Waals surface area contributed by atoms with Crippen LogP contribution in [-0.2, 0) is 4.74 Å². The molecule has 0 aromatic heterocycles. The Balaban J connectivity index is 0.00000392. The van der Waals surface area contributed by atoms with Crippen LogP contribution in [0, 0.1) is 0 Å². The van der Waals surface area contributed by atoms with Crippen LogP contribution in [0.25, 0.3) is 0 Å². The van der Waals surface area contributed by atoms with Gasteiger partial charge < -0.3 is 20.5 Å². The van der Waals surface area contributed by atoms with Crippen molar-refractivity contribution in [2.45, 2.75) is 45.3 Å². The van der Waals surface area contributed by atoms with E-state index < -0.39 is 5.60 Å². The minimum Gasteiger partial charge on any atom is -0.388 e. The van der Waals surface area contributed by atoms with Crippen molar-refractivity contribution in [2.75, 3.05) is 45.9 Å². The molecule has 3 N–H and O–H groups in total. The predicted octanol–water partition coefficient (Wildman–Crippen LogP) is 2.78. The molecule has 6 nitrogen and oxygen atoms in total. The molecule has 1 aromatic carbocycles. The van der Waals surface area contributed by atoms with Gasteiger partial charge in [0.25, 0.3) is 0 Å². The van der Waals surface area contributed by atoms with E-state index in [0.717, 1.165) is 32.1 Å². The van der Waals surface area contributed by atoms with Crippen molar-refractivity contribution in [3.05, 3.63) is 35.9 Å². The number of ether oxygens (including phenoxy) is 1. The number of hydrogen-bond donors (Lipinski definition) is 3. The Bertz CT molecular complexity index is 561. The van der Waals surface area contributed by atoms with Gasteiger partial charge >= 0.3 is 0 Å². The summed E-state index contributed by atoms with van der Waals surface area (Å²) in [5.74, 6) is 0.755. The van der Waals surface area contributed by atoms with E-state index in [2.05, 4.69) is 71.6 Å². The molecular formula is C21H37IN4O2. The first kappa shape index (κ1) is 25.1. The second kappa shape index (κ2) is 13.3. The van der Waals surface area contributed by atoms with E-state index in [4.69, 9.17) is 4.74 Å². The van der Waals surface area contributed by atoms with Gasteiger partial charge in [0.05, 0.1) is 18.2 Å². The van der Waals surface area contributed by atoms with E-state index in [1.807, 2.05) is 0 Å². The maximum Gasteiger partial charge on any atom is 0.191 e. The quantitative estimate of drug-likeness (QED) is 0.274. The molecule has 1 aliphatic heterocycles. The fourth-order valence-electron chi connectivity index (χ4n) is 3.47. The molecule has 7 heteroatoms. The first-order valence-corrected chi connectivity index (χ1v) is 10.2. The molecule has 0 radical (unpaired) electrons. The number of likely N-dealkylation sites (N-methyl/N-ethyl adjacent to an activating group) is 1. The number of rotatable bonds is 9. The zero-order chi connectivity index (χ0) is 19.5. The van der Waals surface area contributed by atoms with Crippen LogP contribution in [0.5, 0.6) is 0 Å². The highest BCUT2D eigenvalue weighted by Crippen LogP contribution is 2.21. The van der Waals surface area contributed by atoms with Crippen LogP contribution in [0.1, 0.15) is 45.2 Å². The van der Waals surface area contributed by atoms with Crippen molar-refractivity contribution in [2.24, 2.45) is 4.99 Å². The number of nitrogens with one attached hydrogen (secondary N) is 2. The SMILES string of the molecule is CCNC(=NCC1(O)CCOCC1)NCC(c1ccccc1)N(CC)CC.I. The number of aliphatic hydroxyl groups is 1. The molecule has 1 unspecified atom stereocenters. The van der Waals surface area contributed by atoms with Gasteiger partial charge in [-0.05, 0) is 25.6 Å². The molecule has 1 saturated heterocycles. The van der Waals surface area contributed by atoms with Crippen LogP contribution in [0.3, 0.4) is 0 Å². The zero-order valence-electron chi connectivity index (χ0n) is 17.5. The minimum absolute atomic E-state index is 0. The van der Waals surface area contributed by atoms with Crippen molar-refractivity contribution in [3.63, 3.8) is 0 Å². The second-order valence-electron chi connectivity index (χ2n) is 7.06. The predicted molar refractivity (Wildman–Crippen MR) is 127 cm³/mol. The lowest BCUT2D eigenvalue weighted by atomic mass is 9.95. The number of halogens is 1. The zero-order valence-corrected chi connectivity index (χ0v) is 19.8. The van der Waals surface area contributed by atoms with Gasteiger partial charge in [-0.1, -0.05) is 44.2 Å². The Kier molecular flexibility index (Phi) is 12.0. The normalized spacial score (nSPS) is 17.7. The van der Waals surface area contributed by atoms with E-state index in [1.165, 1.54) is 5.56 Å². The van der Waals surface area contributed by atoms with E-state index in [1.54, 1.807) is 0 Å². The van der Waals surface area contributed by atoms with Crippen molar-refractivity contribution in [1.29, 1.82) is 0 Å². The molecule has 2 rings (SSSR count). The number of nitrogens with zero attached hydrogens (tertiary/aromatic N) is 2. The molecule has 0 saturated carbocycles. The standard InChI is InChI=1S/C21H36N4O2.HI/c1-4-22-20(24-17-21(26)12-14-27-15-13-21)23-16-19(25(5-2)6-3)18-10-8-7-9-11-18;/h7-11,19,26H,4-6,12-17H2,1-3H3,(H2,22,23,24);1H. The van der Waals surface area contributed by atoms with Crippen LogP contribution in [0.4, 0.5) is 0 Å². The summed E-state index contributed by atoms with van der Waals surface area (Å²) in [6.07, 6.45) is 1.28. The molecule has 28 heavy (non-hydrogen) atoms. The Morgan fingerprint density at radius 3 is 2.36 bits per heavy atom. The fraction of sp³-hybridized carbons (Fsp3) is 0.667. The van der Waals surface area contributed by atoms with Crippen LogP contribution >= 0.6 is 24.0 Å². The van der Waals surface area contributed by atoms with Gasteiger partial charge in [0, 0.05) is 39.1 Å². The van der Waals surface area contributed by atoms with Crippen molar-refractivity contribution in [1.82, 2.24) is 15.5 Å². The molecular weight excluding hydrogens is 467 g/mol. The summed E-state index contributed by atoms with van der Waals surface area (Å²) in [4.78, 5) is 7.10. The molecule has 1 aliphatic rings. The van der Waals surface area contributed by atoms with Crippen molar-refractivity contribution < 1.29 is 9.84 Å². The summed E-state index contributed by atoms with van der Waals surface area (Å²) in [6, 6.07) is 10.9. The summed E-state index contributed by atoms with van der Waals surface area (Å²) in [5.41, 5.74) is 0.547. The number of aliphatic imine (C=N–C) groups is 1. The third kappa shape index (κ3) is 7.85. The van der Waals surface area contributed by atoms with E-state index in [0.29, 0.717) is 32.6 Å². The van der Waals surface area contributed by atoms with E-state index in [-0.39, 0.29) is 30.0 Å². The lowest BCUT2D eigenvalue weighted by Crippen LogP contribution is -2.45. The first-order chi connectivity index (χ1) is 13.1. The minimum atomic E-state index is -0.752. The molecule has 0 bridgehead atoms. The number of guanidine groups is 1. The van der Waals surface area contributed by atoms with Crippen LogP contribution < -0.4 is 10.6 Å². The summed E-state index contributed by atoms with van der Waals surface area (Å²) >= 11 is 0. The maximum atomic E-state index is 10.7. The van der Waals surface area contributed by atoms with Gasteiger partial charge in [-0.25, -0.2) is 0 Å². The van der Waals surface area contributed by atoms with Crippen molar-refractivity contribution >= 4 is 29.9 Å². The highest BCUT2D eigenvalue weighted by atomic mass is 127. The second-order valence-corrected chi connectivity index (χ2v) is 7.06. The largest absolute Gasteiger partial charge is 0.388 e. The van der Waals surface area contributed by atoms with E-state index in [9.17, 15) is 5.11 Å². The fourth-order valence-corrected chi connectivity index (χ4v) is 3.47. The van der Waals surface area contributed by atoms with Crippen LogP contribution in [0.2, 0.25) is 0 Å². The highest BCUT2D eigenvalue weighted by molar-refractivity contribution is 14.0. The van der Waals surface area contributed by atoms with Gasteiger partial charge in [0.15, 0.2) is 5.96 Å². The lowest BCUT2D eigenvalue weighted by Gasteiger charge is -2.32. The Labute approximate surface area is 187 Å². The number of benzene rings is 1. The molecule has 1 heterocycles. The average molecular weight is 504 g/mol. The lowest BCUT2D eigenvalue weighted by molar-refractivity contribution is -0.0566. The van der Waals surface area contributed by atoms with Crippen LogP contribution in [0.15, 0.2) is 35.3 Å². The molecule has 0 aliphatic carbocycles. The van der Waals surface area contributed by atoms with Gasteiger partial charge in [0.1, 0.15) is 0 Å². The van der Waals surface area contributed by atoms with Gasteiger partial charge in [-0.3, -0.25) is 9.89 Å². The summed E-state index contributed by atoms with van der Waals surface area (Å²) in [6.45, 7) is 11.6. The van der Waals surface area contributed by atoms with Crippen molar-refractivity contribution in [3.8, 4) is 0 Å². The Morgan fingerprint density at radius 1 is 1.14 bits per heavy atom. The molecule has 160 valence electrons. The van der Waals surface area contributed by atoms with E-state index >= 15 is 0 Å². The van der Waals surface area contributed by atoms with Crippen LogP contribution in [-0.4, -0.2) is 67.5 Å². The third-order valence-electron chi connectivity index (χ3n) is 5.20. The first-order valence-electron chi connectivity index (χ1n) is 10.2. The molecule has 1 aromatic rings. The molecule has 0 amide bonds. The molecule has 0 spiro atoms. The summed E-state index contributed by atoms with van der Waals surface area (Å²) in [7, 11) is 0. The number of hydrogen-bond acceptors (Lipinski definition) is 4. The Hall–Kier alpha value is -0.900. The third-order valence-corrected chi connectivity index (χ3v) is 5.20. The average Bonchev–Trinajstić information content (AvgIpc) is 2.70. The highest BCUT2D eigenvalue weighted by Gasteiger charge is 2.29. The summed E-state index contributed by atoms with van der Waals surface area (Å²) < 4.78 is 5.35. The van der Waals surface area contributed by atoms with Gasteiger partial charge in [0.2, 0.25) is 0 Å².